The second kappa shape index (κ2) is 7.32. The van der Waals surface area contributed by atoms with Crippen LogP contribution >= 0.6 is 0 Å². The van der Waals surface area contributed by atoms with E-state index in [4.69, 9.17) is 10.5 Å². The molecule has 1 unspecified atom stereocenters. The van der Waals surface area contributed by atoms with E-state index in [0.29, 0.717) is 24.3 Å². The number of aliphatic hydroxyl groups excluding tert-OH is 2. The van der Waals surface area contributed by atoms with Crippen LogP contribution in [0.2, 0.25) is 0 Å². The monoisotopic (exact) mass is 405 g/mol. The highest BCUT2D eigenvalue weighted by molar-refractivity contribution is 5.80. The molecule has 154 valence electrons. The predicted octanol–water partition coefficient (Wildman–Crippen LogP) is 2.12. The van der Waals surface area contributed by atoms with Crippen molar-refractivity contribution in [2.24, 2.45) is 0 Å². The number of rotatable bonds is 4. The van der Waals surface area contributed by atoms with E-state index in [2.05, 4.69) is 15.0 Å². The Morgan fingerprint density at radius 1 is 1.10 bits per heavy atom. The average molecular weight is 405 g/mol. The normalized spacial score (nSPS) is 24.1. The molecule has 4 atom stereocenters. The third-order valence-corrected chi connectivity index (χ3v) is 5.82. The van der Waals surface area contributed by atoms with Crippen LogP contribution in [0.4, 0.5) is 5.82 Å². The van der Waals surface area contributed by atoms with Gasteiger partial charge in [-0.25, -0.2) is 15.0 Å². The van der Waals surface area contributed by atoms with E-state index in [0.717, 1.165) is 27.5 Å². The van der Waals surface area contributed by atoms with Crippen molar-refractivity contribution < 1.29 is 14.9 Å². The number of aliphatic hydroxyl groups is 2. The van der Waals surface area contributed by atoms with E-state index in [9.17, 15) is 10.2 Å². The molecule has 8 heteroatoms. The Bertz CT molecular complexity index is 1220. The Morgan fingerprint density at radius 2 is 1.93 bits per heavy atom. The van der Waals surface area contributed by atoms with Crippen LogP contribution in [0.15, 0.2) is 48.9 Å². The first-order valence-corrected chi connectivity index (χ1v) is 9.96. The number of hydrogen-bond donors (Lipinski definition) is 3. The summed E-state index contributed by atoms with van der Waals surface area (Å²) in [7, 11) is 0. The van der Waals surface area contributed by atoms with Crippen LogP contribution in [0.1, 0.15) is 23.9 Å². The number of nitrogens with two attached hydrogens (primary N) is 1. The molecule has 1 aliphatic heterocycles. The highest BCUT2D eigenvalue weighted by atomic mass is 16.6. The van der Waals surface area contributed by atoms with E-state index in [-0.39, 0.29) is 0 Å². The molecule has 1 aromatic carbocycles. The number of ether oxygens (including phenoxy) is 1. The first-order valence-electron chi connectivity index (χ1n) is 9.96. The Morgan fingerprint density at radius 3 is 2.80 bits per heavy atom. The van der Waals surface area contributed by atoms with Gasteiger partial charge in [0, 0.05) is 17.0 Å². The van der Waals surface area contributed by atoms with Gasteiger partial charge in [-0.2, -0.15) is 0 Å². The van der Waals surface area contributed by atoms with Crippen LogP contribution in [-0.2, 0) is 11.2 Å². The maximum atomic E-state index is 10.6. The summed E-state index contributed by atoms with van der Waals surface area (Å²) in [5, 5.41) is 23.1. The summed E-state index contributed by atoms with van der Waals surface area (Å²) in [5.74, 6) is 0.484. The smallest absolute Gasteiger partial charge is 0.164 e. The molecule has 0 amide bonds. The van der Waals surface area contributed by atoms with Gasteiger partial charge in [0.2, 0.25) is 0 Å². The molecule has 8 nitrogen and oxygen atoms in total. The van der Waals surface area contributed by atoms with Crippen molar-refractivity contribution in [2.45, 2.75) is 44.3 Å². The minimum Gasteiger partial charge on any atom is -0.388 e. The fourth-order valence-electron chi connectivity index (χ4n) is 4.14. The first kappa shape index (κ1) is 18.9. The van der Waals surface area contributed by atoms with E-state index in [1.807, 2.05) is 43.5 Å². The van der Waals surface area contributed by atoms with Crippen molar-refractivity contribution in [1.82, 2.24) is 19.5 Å². The molecule has 3 aromatic heterocycles. The van der Waals surface area contributed by atoms with Gasteiger partial charge in [-0.15, -0.1) is 0 Å². The second-order valence-electron chi connectivity index (χ2n) is 7.77. The lowest BCUT2D eigenvalue weighted by molar-refractivity contribution is -0.0364. The van der Waals surface area contributed by atoms with E-state index in [1.54, 1.807) is 10.6 Å². The van der Waals surface area contributed by atoms with Crippen molar-refractivity contribution in [3.8, 4) is 0 Å². The van der Waals surface area contributed by atoms with Gasteiger partial charge in [0.25, 0.3) is 0 Å². The molecule has 4 aromatic rings. The van der Waals surface area contributed by atoms with Gasteiger partial charge in [-0.05, 0) is 49.6 Å². The summed E-state index contributed by atoms with van der Waals surface area (Å²) in [6.45, 7) is 1.91. The zero-order valence-corrected chi connectivity index (χ0v) is 16.5. The Kier molecular flexibility index (Phi) is 4.62. The van der Waals surface area contributed by atoms with Crippen LogP contribution in [0.5, 0.6) is 0 Å². The molecular formula is C22H23N5O3. The number of aryl methyl sites for hydroxylation is 2. The standard InChI is InChI=1S/C22H23N5O3/c1-12-15-8-9-27(21(15)25-11-24-12)22-20(29)19(28)17(30-22)6-3-13-2-4-14-5-7-18(23)26-16(14)10-13/h2,4-5,7-11,17,19-20,22,28-29H,3,6H2,1H3,(H2,23,26)/t17-,19?,20-,22-/m1/s1. The molecule has 0 aliphatic carbocycles. The van der Waals surface area contributed by atoms with Gasteiger partial charge in [-0.1, -0.05) is 12.1 Å². The number of hydrogen-bond acceptors (Lipinski definition) is 7. The van der Waals surface area contributed by atoms with E-state index in [1.165, 1.54) is 6.33 Å². The SMILES string of the molecule is Cc1ncnc2c1ccn2[C@@H]1O[C@H](CCc2ccc3ccc(N)nc3c2)C(O)[C@H]1O. The summed E-state index contributed by atoms with van der Waals surface area (Å²) in [6.07, 6.45) is 1.34. The molecule has 4 N–H and O–H groups in total. The third kappa shape index (κ3) is 3.19. The number of nitrogen functional groups attached to an aromatic ring is 1. The van der Waals surface area contributed by atoms with E-state index < -0.39 is 24.5 Å². The predicted molar refractivity (Wildman–Crippen MR) is 113 cm³/mol. The molecule has 0 saturated carbocycles. The summed E-state index contributed by atoms with van der Waals surface area (Å²) >= 11 is 0. The number of benzene rings is 1. The topological polar surface area (TPSA) is 119 Å². The van der Waals surface area contributed by atoms with Crippen LogP contribution in [0.25, 0.3) is 21.9 Å². The van der Waals surface area contributed by atoms with Gasteiger partial charge < -0.3 is 25.3 Å². The number of pyridine rings is 1. The quantitative estimate of drug-likeness (QED) is 0.476. The lowest BCUT2D eigenvalue weighted by atomic mass is 10.0. The number of aromatic nitrogens is 4. The lowest BCUT2D eigenvalue weighted by Gasteiger charge is -2.17. The molecule has 1 fully saturated rings. The number of fused-ring (bicyclic) bond motifs is 2. The summed E-state index contributed by atoms with van der Waals surface area (Å²) in [5.41, 5.74) is 9.24. The first-order chi connectivity index (χ1) is 14.5. The second-order valence-corrected chi connectivity index (χ2v) is 7.77. The number of anilines is 1. The maximum absolute atomic E-state index is 10.6. The fourth-order valence-corrected chi connectivity index (χ4v) is 4.14. The molecule has 4 heterocycles. The number of nitrogens with zero attached hydrogens (tertiary/aromatic N) is 4. The van der Waals surface area contributed by atoms with Crippen molar-refractivity contribution in [2.75, 3.05) is 5.73 Å². The third-order valence-electron chi connectivity index (χ3n) is 5.82. The fraction of sp³-hybridized carbons (Fsp3) is 0.318. The van der Waals surface area contributed by atoms with Crippen molar-refractivity contribution in [1.29, 1.82) is 0 Å². The highest BCUT2D eigenvalue weighted by Gasteiger charge is 2.43. The summed E-state index contributed by atoms with van der Waals surface area (Å²) in [6, 6.07) is 11.7. The van der Waals surface area contributed by atoms with Crippen molar-refractivity contribution in [3.05, 3.63) is 60.2 Å². The molecule has 5 rings (SSSR count). The molecule has 0 spiro atoms. The van der Waals surface area contributed by atoms with Gasteiger partial charge >= 0.3 is 0 Å². The Hall–Kier alpha value is -3.07. The largest absolute Gasteiger partial charge is 0.388 e. The van der Waals surface area contributed by atoms with Crippen LogP contribution in [0.3, 0.4) is 0 Å². The van der Waals surface area contributed by atoms with Crippen LogP contribution in [-0.4, -0.2) is 48.0 Å². The Labute approximate surface area is 173 Å². The maximum Gasteiger partial charge on any atom is 0.164 e. The Balaban J connectivity index is 1.34. The van der Waals surface area contributed by atoms with Crippen LogP contribution in [0, 0.1) is 6.92 Å². The minimum atomic E-state index is -1.04. The van der Waals surface area contributed by atoms with Gasteiger partial charge in [0.1, 0.15) is 30.0 Å². The van der Waals surface area contributed by atoms with E-state index >= 15 is 0 Å². The average Bonchev–Trinajstić information content (AvgIpc) is 3.29. The zero-order chi connectivity index (χ0) is 20.8. The van der Waals surface area contributed by atoms with Crippen molar-refractivity contribution in [3.63, 3.8) is 0 Å². The molecule has 1 aliphatic rings. The van der Waals surface area contributed by atoms with Crippen molar-refractivity contribution >= 4 is 27.8 Å². The zero-order valence-electron chi connectivity index (χ0n) is 16.5. The molecular weight excluding hydrogens is 382 g/mol. The molecule has 0 radical (unpaired) electrons. The lowest BCUT2D eigenvalue weighted by Crippen LogP contribution is -2.31. The molecule has 30 heavy (non-hydrogen) atoms. The van der Waals surface area contributed by atoms with Gasteiger partial charge in [-0.3, -0.25) is 0 Å². The summed E-state index contributed by atoms with van der Waals surface area (Å²) < 4.78 is 7.84. The van der Waals surface area contributed by atoms with Gasteiger partial charge in [0.05, 0.1) is 17.3 Å². The summed E-state index contributed by atoms with van der Waals surface area (Å²) in [4.78, 5) is 12.9. The molecule has 0 bridgehead atoms. The highest BCUT2D eigenvalue weighted by Crippen LogP contribution is 2.34. The van der Waals surface area contributed by atoms with Gasteiger partial charge in [0.15, 0.2) is 6.23 Å². The minimum absolute atomic E-state index is 0.484. The van der Waals surface area contributed by atoms with Crippen LogP contribution < -0.4 is 5.73 Å². The molecule has 1 saturated heterocycles.